The molecule has 0 bridgehead atoms. The summed E-state index contributed by atoms with van der Waals surface area (Å²) in [4.78, 5) is 22.4. The minimum absolute atomic E-state index is 0.0648. The Labute approximate surface area is 156 Å². The van der Waals surface area contributed by atoms with Crippen LogP contribution in [0.2, 0.25) is 0 Å². The average Bonchev–Trinajstić information content (AvgIpc) is 2.58. The minimum Gasteiger partial charge on any atom is -0.348 e. The summed E-state index contributed by atoms with van der Waals surface area (Å²) in [6.45, 7) is 2.27. The summed E-state index contributed by atoms with van der Waals surface area (Å²) in [6, 6.07) is 0. The van der Waals surface area contributed by atoms with E-state index in [0.29, 0.717) is 25.0 Å². The summed E-state index contributed by atoms with van der Waals surface area (Å²) < 4.78 is 35.9. The molecule has 1 N–H and O–H groups in total. The maximum absolute atomic E-state index is 12.0. The van der Waals surface area contributed by atoms with Gasteiger partial charge in [-0.25, -0.2) is 0 Å². The second-order valence-corrected chi connectivity index (χ2v) is 7.03. The SMILES string of the molecule is CCCCCCCCCC(=O)CCCCCCCCNC(=O)C(F)(F)F. The summed E-state index contributed by atoms with van der Waals surface area (Å²) >= 11 is 0. The van der Waals surface area contributed by atoms with Crippen molar-refractivity contribution >= 4 is 11.7 Å². The molecule has 0 atom stereocenters. The highest BCUT2D eigenvalue weighted by atomic mass is 19.4. The van der Waals surface area contributed by atoms with Crippen molar-refractivity contribution in [3.8, 4) is 0 Å². The molecule has 0 aliphatic rings. The molecule has 0 aromatic heterocycles. The fraction of sp³-hybridized carbons (Fsp3) is 0.900. The van der Waals surface area contributed by atoms with Gasteiger partial charge in [-0.1, -0.05) is 71.1 Å². The molecule has 0 fully saturated rings. The molecule has 0 heterocycles. The van der Waals surface area contributed by atoms with Crippen LogP contribution in [0.4, 0.5) is 13.2 Å². The van der Waals surface area contributed by atoms with Crippen LogP contribution in [0.15, 0.2) is 0 Å². The van der Waals surface area contributed by atoms with E-state index in [2.05, 4.69) is 6.92 Å². The number of Topliss-reactive ketones (excluding diaryl/α,β-unsaturated/α-hetero) is 1. The van der Waals surface area contributed by atoms with E-state index in [9.17, 15) is 22.8 Å². The molecular weight excluding hydrogens is 343 g/mol. The van der Waals surface area contributed by atoms with Gasteiger partial charge in [0.15, 0.2) is 0 Å². The van der Waals surface area contributed by atoms with E-state index in [1.807, 2.05) is 5.32 Å². The Balaban J connectivity index is 3.29. The van der Waals surface area contributed by atoms with Crippen LogP contribution >= 0.6 is 0 Å². The van der Waals surface area contributed by atoms with Gasteiger partial charge in [0.1, 0.15) is 5.78 Å². The van der Waals surface area contributed by atoms with Gasteiger partial charge in [0.05, 0.1) is 0 Å². The van der Waals surface area contributed by atoms with Gasteiger partial charge >= 0.3 is 12.1 Å². The van der Waals surface area contributed by atoms with Gasteiger partial charge in [-0.2, -0.15) is 13.2 Å². The lowest BCUT2D eigenvalue weighted by molar-refractivity contribution is -0.173. The number of nitrogens with one attached hydrogen (secondary N) is 1. The molecule has 0 spiro atoms. The third-order valence-corrected chi connectivity index (χ3v) is 4.48. The number of hydrogen-bond acceptors (Lipinski definition) is 2. The van der Waals surface area contributed by atoms with E-state index in [4.69, 9.17) is 0 Å². The van der Waals surface area contributed by atoms with E-state index in [0.717, 1.165) is 44.9 Å². The Morgan fingerprint density at radius 2 is 1.12 bits per heavy atom. The Hall–Kier alpha value is -1.07. The van der Waals surface area contributed by atoms with Crippen molar-refractivity contribution in [1.82, 2.24) is 5.32 Å². The topological polar surface area (TPSA) is 46.2 Å². The van der Waals surface area contributed by atoms with Crippen LogP contribution in [0.5, 0.6) is 0 Å². The first kappa shape index (κ1) is 24.9. The van der Waals surface area contributed by atoms with Crippen molar-refractivity contribution in [1.29, 1.82) is 0 Å². The number of rotatable bonds is 17. The molecule has 154 valence electrons. The van der Waals surface area contributed by atoms with Gasteiger partial charge in [0, 0.05) is 19.4 Å². The van der Waals surface area contributed by atoms with Crippen molar-refractivity contribution < 1.29 is 22.8 Å². The number of ketones is 1. The van der Waals surface area contributed by atoms with Gasteiger partial charge in [-0.05, 0) is 19.3 Å². The summed E-state index contributed by atoms with van der Waals surface area (Å²) in [7, 11) is 0. The predicted octanol–water partition coefficient (Wildman–Crippen LogP) is 6.11. The van der Waals surface area contributed by atoms with Crippen LogP contribution in [-0.4, -0.2) is 24.4 Å². The molecule has 0 saturated carbocycles. The van der Waals surface area contributed by atoms with Crippen LogP contribution in [-0.2, 0) is 9.59 Å². The van der Waals surface area contributed by atoms with Crippen LogP contribution in [0, 0.1) is 0 Å². The van der Waals surface area contributed by atoms with Crippen molar-refractivity contribution in [3.05, 3.63) is 0 Å². The summed E-state index contributed by atoms with van der Waals surface area (Å²) in [5.41, 5.74) is 0. The minimum atomic E-state index is -4.79. The van der Waals surface area contributed by atoms with Gasteiger partial charge < -0.3 is 5.32 Å². The molecule has 0 aromatic rings. The predicted molar refractivity (Wildman–Crippen MR) is 99.0 cm³/mol. The first-order valence-corrected chi connectivity index (χ1v) is 10.2. The summed E-state index contributed by atoms with van der Waals surface area (Å²) in [6.07, 6.45) is 10.2. The lowest BCUT2D eigenvalue weighted by Crippen LogP contribution is -2.37. The van der Waals surface area contributed by atoms with Crippen molar-refractivity contribution in [2.45, 2.75) is 109 Å². The zero-order valence-corrected chi connectivity index (χ0v) is 16.3. The number of alkyl halides is 3. The second-order valence-electron chi connectivity index (χ2n) is 7.03. The third kappa shape index (κ3) is 16.4. The zero-order valence-electron chi connectivity index (χ0n) is 16.3. The van der Waals surface area contributed by atoms with Gasteiger partial charge in [0.2, 0.25) is 0 Å². The van der Waals surface area contributed by atoms with Gasteiger partial charge in [-0.3, -0.25) is 9.59 Å². The normalized spacial score (nSPS) is 11.5. The standard InChI is InChI=1S/C20H36F3NO2/c1-2-3-4-5-6-9-12-15-18(25)16-13-10-7-8-11-14-17-24-19(26)20(21,22)23/h2-17H2,1H3,(H,24,26). The largest absolute Gasteiger partial charge is 0.471 e. The average molecular weight is 380 g/mol. The summed E-state index contributed by atoms with van der Waals surface area (Å²) in [5, 5.41) is 1.87. The molecule has 0 aliphatic heterocycles. The lowest BCUT2D eigenvalue weighted by atomic mass is 10.0. The molecule has 3 nitrogen and oxygen atoms in total. The Kier molecular flexibility index (Phi) is 15.5. The van der Waals surface area contributed by atoms with E-state index >= 15 is 0 Å². The number of carbonyl (C=O) groups excluding carboxylic acids is 2. The highest BCUT2D eigenvalue weighted by molar-refractivity contribution is 5.81. The molecule has 0 saturated heterocycles. The van der Waals surface area contributed by atoms with Crippen molar-refractivity contribution in [2.75, 3.05) is 6.54 Å². The Morgan fingerprint density at radius 1 is 0.692 bits per heavy atom. The van der Waals surface area contributed by atoms with Crippen LogP contribution in [0.25, 0.3) is 0 Å². The van der Waals surface area contributed by atoms with E-state index < -0.39 is 12.1 Å². The maximum atomic E-state index is 12.0. The van der Waals surface area contributed by atoms with E-state index in [-0.39, 0.29) is 6.54 Å². The molecular formula is C20H36F3NO2. The molecule has 1 amide bonds. The van der Waals surface area contributed by atoms with Crippen LogP contribution in [0.1, 0.15) is 103 Å². The summed E-state index contributed by atoms with van der Waals surface area (Å²) in [5.74, 6) is -1.51. The Bertz CT molecular complexity index is 371. The van der Waals surface area contributed by atoms with E-state index in [1.165, 1.54) is 32.1 Å². The van der Waals surface area contributed by atoms with E-state index in [1.54, 1.807) is 0 Å². The second kappa shape index (κ2) is 16.1. The third-order valence-electron chi connectivity index (χ3n) is 4.48. The fourth-order valence-electron chi connectivity index (χ4n) is 2.86. The van der Waals surface area contributed by atoms with Crippen LogP contribution < -0.4 is 5.32 Å². The zero-order chi connectivity index (χ0) is 19.7. The number of amides is 1. The quantitative estimate of drug-likeness (QED) is 0.310. The van der Waals surface area contributed by atoms with Crippen molar-refractivity contribution in [2.24, 2.45) is 0 Å². The molecule has 0 radical (unpaired) electrons. The highest BCUT2D eigenvalue weighted by Gasteiger charge is 2.38. The molecule has 26 heavy (non-hydrogen) atoms. The molecule has 0 unspecified atom stereocenters. The van der Waals surface area contributed by atoms with Crippen molar-refractivity contribution in [3.63, 3.8) is 0 Å². The highest BCUT2D eigenvalue weighted by Crippen LogP contribution is 2.14. The number of halogens is 3. The fourth-order valence-corrected chi connectivity index (χ4v) is 2.86. The maximum Gasteiger partial charge on any atom is 0.471 e. The number of unbranched alkanes of at least 4 members (excludes halogenated alkanes) is 11. The lowest BCUT2D eigenvalue weighted by Gasteiger charge is -2.07. The molecule has 6 heteroatoms. The molecule has 0 aliphatic carbocycles. The molecule has 0 rings (SSSR count). The smallest absolute Gasteiger partial charge is 0.348 e. The monoisotopic (exact) mass is 379 g/mol. The van der Waals surface area contributed by atoms with Gasteiger partial charge in [0.25, 0.3) is 0 Å². The first-order chi connectivity index (χ1) is 12.4. The number of hydrogen-bond donors (Lipinski definition) is 1. The number of carbonyl (C=O) groups is 2. The van der Waals surface area contributed by atoms with Gasteiger partial charge in [-0.15, -0.1) is 0 Å². The molecule has 0 aromatic carbocycles. The first-order valence-electron chi connectivity index (χ1n) is 10.2. The van der Waals surface area contributed by atoms with Crippen LogP contribution in [0.3, 0.4) is 0 Å². The Morgan fingerprint density at radius 3 is 1.58 bits per heavy atom.